The molecule has 2 N–H and O–H groups in total. The maximum atomic E-state index is 3.71. The summed E-state index contributed by atoms with van der Waals surface area (Å²) in [6.07, 6.45) is 5.54. The Kier molecular flexibility index (Phi) is 6.64. The highest BCUT2D eigenvalue weighted by atomic mass is 15.0. The van der Waals surface area contributed by atoms with Crippen molar-refractivity contribution in [2.75, 3.05) is 6.54 Å². The van der Waals surface area contributed by atoms with Gasteiger partial charge in [0.25, 0.3) is 0 Å². The first-order valence-electron chi connectivity index (χ1n) is 5.61. The summed E-state index contributed by atoms with van der Waals surface area (Å²) in [7, 11) is 0. The first-order chi connectivity index (χ1) is 6.49. The fraction of sp³-hybridized carbons (Fsp3) is 0.833. The minimum Gasteiger partial charge on any atom is -0.387 e. The molecule has 0 rings (SSSR count). The van der Waals surface area contributed by atoms with Crippen molar-refractivity contribution in [3.8, 4) is 0 Å². The number of hydrogen-bond donors (Lipinski definition) is 2. The van der Waals surface area contributed by atoms with Crippen LogP contribution in [0.25, 0.3) is 0 Å². The van der Waals surface area contributed by atoms with E-state index in [0.717, 1.165) is 6.54 Å². The Morgan fingerprint density at radius 2 is 2.00 bits per heavy atom. The van der Waals surface area contributed by atoms with Crippen molar-refractivity contribution in [3.63, 3.8) is 0 Å². The molecular weight excluding hydrogens is 172 g/mol. The van der Waals surface area contributed by atoms with Crippen LogP contribution in [0, 0.1) is 0 Å². The first kappa shape index (κ1) is 13.5. The molecule has 0 bridgehead atoms. The quantitative estimate of drug-likeness (QED) is 0.657. The second-order valence-corrected chi connectivity index (χ2v) is 4.84. The third-order valence-corrected chi connectivity index (χ3v) is 2.14. The fourth-order valence-electron chi connectivity index (χ4n) is 1.29. The molecule has 0 aliphatic heterocycles. The maximum absolute atomic E-state index is 3.71. The minimum atomic E-state index is 0.202. The second kappa shape index (κ2) is 6.88. The second-order valence-electron chi connectivity index (χ2n) is 4.84. The molecule has 0 saturated heterocycles. The standard InChI is InChI=1S/C12H26N2/c1-6-8-9-11(13-7-2)10-14-12(3,4)5/h7,11,13-14H,2,6,8-10H2,1,3-5H3. The lowest BCUT2D eigenvalue weighted by Gasteiger charge is -2.25. The lowest BCUT2D eigenvalue weighted by molar-refractivity contribution is 0.379. The highest BCUT2D eigenvalue weighted by Crippen LogP contribution is 2.03. The summed E-state index contributed by atoms with van der Waals surface area (Å²) < 4.78 is 0. The fourth-order valence-corrected chi connectivity index (χ4v) is 1.29. The highest BCUT2D eigenvalue weighted by molar-refractivity contribution is 4.80. The summed E-state index contributed by atoms with van der Waals surface area (Å²) in [5.74, 6) is 0. The van der Waals surface area contributed by atoms with Crippen LogP contribution >= 0.6 is 0 Å². The zero-order valence-corrected chi connectivity index (χ0v) is 10.2. The molecule has 0 spiro atoms. The summed E-state index contributed by atoms with van der Waals surface area (Å²) in [6.45, 7) is 13.5. The molecule has 0 aromatic carbocycles. The lowest BCUT2D eigenvalue weighted by Crippen LogP contribution is -2.44. The summed E-state index contributed by atoms with van der Waals surface area (Å²) >= 11 is 0. The smallest absolute Gasteiger partial charge is 0.0380 e. The Hall–Kier alpha value is -0.500. The monoisotopic (exact) mass is 198 g/mol. The normalized spacial score (nSPS) is 13.7. The number of hydrogen-bond acceptors (Lipinski definition) is 2. The molecule has 2 nitrogen and oxygen atoms in total. The van der Waals surface area contributed by atoms with Crippen LogP contribution in [0.2, 0.25) is 0 Å². The van der Waals surface area contributed by atoms with Crippen molar-refractivity contribution in [3.05, 3.63) is 12.8 Å². The molecule has 0 radical (unpaired) electrons. The molecule has 2 heteroatoms. The molecule has 0 aromatic rings. The Balaban J connectivity index is 3.77. The molecule has 1 atom stereocenters. The van der Waals surface area contributed by atoms with Crippen LogP contribution in [0.3, 0.4) is 0 Å². The van der Waals surface area contributed by atoms with Gasteiger partial charge < -0.3 is 10.6 Å². The number of rotatable bonds is 7. The molecule has 0 amide bonds. The van der Waals surface area contributed by atoms with Gasteiger partial charge in [-0.3, -0.25) is 0 Å². The van der Waals surface area contributed by atoms with Gasteiger partial charge in [0.1, 0.15) is 0 Å². The number of unbranched alkanes of at least 4 members (excludes halogenated alkanes) is 1. The van der Waals surface area contributed by atoms with E-state index in [0.29, 0.717) is 6.04 Å². The van der Waals surface area contributed by atoms with Crippen LogP contribution in [0.15, 0.2) is 12.8 Å². The van der Waals surface area contributed by atoms with Crippen molar-refractivity contribution in [2.45, 2.75) is 58.5 Å². The van der Waals surface area contributed by atoms with E-state index >= 15 is 0 Å². The van der Waals surface area contributed by atoms with E-state index in [-0.39, 0.29) is 5.54 Å². The summed E-state index contributed by atoms with van der Waals surface area (Å²) in [4.78, 5) is 0. The van der Waals surface area contributed by atoms with Crippen LogP contribution in [-0.2, 0) is 0 Å². The maximum Gasteiger partial charge on any atom is 0.0380 e. The van der Waals surface area contributed by atoms with E-state index in [1.807, 2.05) is 0 Å². The molecule has 0 aromatic heterocycles. The predicted octanol–water partition coefficient (Wildman–Crippen LogP) is 2.67. The van der Waals surface area contributed by atoms with Crippen molar-refractivity contribution < 1.29 is 0 Å². The van der Waals surface area contributed by atoms with Crippen molar-refractivity contribution in [2.24, 2.45) is 0 Å². The van der Waals surface area contributed by atoms with Gasteiger partial charge in [0.05, 0.1) is 0 Å². The van der Waals surface area contributed by atoms with Crippen LogP contribution in [0.5, 0.6) is 0 Å². The van der Waals surface area contributed by atoms with E-state index in [9.17, 15) is 0 Å². The largest absolute Gasteiger partial charge is 0.387 e. The van der Waals surface area contributed by atoms with Gasteiger partial charge in [0.2, 0.25) is 0 Å². The summed E-state index contributed by atoms with van der Waals surface area (Å²) in [6, 6.07) is 0.520. The minimum absolute atomic E-state index is 0.202. The predicted molar refractivity (Wildman–Crippen MR) is 64.4 cm³/mol. The van der Waals surface area contributed by atoms with Crippen LogP contribution in [0.1, 0.15) is 47.0 Å². The topological polar surface area (TPSA) is 24.1 Å². The Labute approximate surface area is 89.2 Å². The average molecular weight is 198 g/mol. The molecule has 0 fully saturated rings. The number of nitrogens with one attached hydrogen (secondary N) is 2. The highest BCUT2D eigenvalue weighted by Gasteiger charge is 2.12. The Morgan fingerprint density at radius 3 is 2.43 bits per heavy atom. The third-order valence-electron chi connectivity index (χ3n) is 2.14. The van der Waals surface area contributed by atoms with Crippen molar-refractivity contribution >= 4 is 0 Å². The lowest BCUT2D eigenvalue weighted by atomic mass is 10.1. The molecule has 84 valence electrons. The summed E-state index contributed by atoms with van der Waals surface area (Å²) in [5.41, 5.74) is 0.202. The zero-order chi connectivity index (χ0) is 11.0. The van der Waals surface area contributed by atoms with Gasteiger partial charge in [-0.2, -0.15) is 0 Å². The van der Waals surface area contributed by atoms with Crippen LogP contribution in [0.4, 0.5) is 0 Å². The zero-order valence-electron chi connectivity index (χ0n) is 10.2. The van der Waals surface area contributed by atoms with Crippen LogP contribution < -0.4 is 10.6 Å². The van der Waals surface area contributed by atoms with Gasteiger partial charge in [-0.15, -0.1) is 0 Å². The Morgan fingerprint density at radius 1 is 1.36 bits per heavy atom. The molecule has 0 aliphatic rings. The first-order valence-corrected chi connectivity index (χ1v) is 5.61. The van der Waals surface area contributed by atoms with E-state index in [1.165, 1.54) is 19.3 Å². The van der Waals surface area contributed by atoms with E-state index in [1.54, 1.807) is 6.20 Å². The van der Waals surface area contributed by atoms with Gasteiger partial charge in [-0.1, -0.05) is 26.3 Å². The molecule has 1 unspecified atom stereocenters. The van der Waals surface area contributed by atoms with Crippen LogP contribution in [-0.4, -0.2) is 18.1 Å². The van der Waals surface area contributed by atoms with E-state index in [4.69, 9.17) is 0 Å². The van der Waals surface area contributed by atoms with Crippen molar-refractivity contribution in [1.82, 2.24) is 10.6 Å². The Bertz CT molecular complexity index is 147. The van der Waals surface area contributed by atoms with E-state index < -0.39 is 0 Å². The van der Waals surface area contributed by atoms with Gasteiger partial charge in [-0.25, -0.2) is 0 Å². The SMILES string of the molecule is C=CNC(CCCC)CNC(C)(C)C. The van der Waals surface area contributed by atoms with Gasteiger partial charge >= 0.3 is 0 Å². The molecule has 14 heavy (non-hydrogen) atoms. The van der Waals surface area contributed by atoms with Gasteiger partial charge in [-0.05, 0) is 33.4 Å². The van der Waals surface area contributed by atoms with Gasteiger partial charge in [0.15, 0.2) is 0 Å². The van der Waals surface area contributed by atoms with Crippen molar-refractivity contribution in [1.29, 1.82) is 0 Å². The van der Waals surface area contributed by atoms with E-state index in [2.05, 4.69) is 44.9 Å². The molecule has 0 aliphatic carbocycles. The third kappa shape index (κ3) is 8.11. The summed E-state index contributed by atoms with van der Waals surface area (Å²) in [5, 5.41) is 6.80. The molecular formula is C12H26N2. The molecule has 0 saturated carbocycles. The molecule has 0 heterocycles. The van der Waals surface area contributed by atoms with Gasteiger partial charge in [0, 0.05) is 18.1 Å². The average Bonchev–Trinajstić information content (AvgIpc) is 2.08.